The van der Waals surface area contributed by atoms with Crippen LogP contribution in [0.4, 0.5) is 0 Å². The first-order valence-electron chi connectivity index (χ1n) is 13.5. The SMILES string of the molecule is C[n+]1cccc(C(=O)NCC(OC(=O)C2N3C(=O)[C@@H](NC(=O)Cc4ccccc4)[C@H]3SC2(C)C)c2ccccc2)c1.[I-]. The van der Waals surface area contributed by atoms with E-state index in [9.17, 15) is 19.2 Å². The van der Waals surface area contributed by atoms with E-state index in [2.05, 4.69) is 10.6 Å². The lowest BCUT2D eigenvalue weighted by Gasteiger charge is -2.44. The van der Waals surface area contributed by atoms with Gasteiger partial charge in [-0.2, -0.15) is 0 Å². The molecule has 2 aliphatic heterocycles. The molecule has 3 aromatic rings. The van der Waals surface area contributed by atoms with Gasteiger partial charge in [-0.15, -0.1) is 11.8 Å². The summed E-state index contributed by atoms with van der Waals surface area (Å²) >= 11 is 1.47. The molecule has 2 N–H and O–H groups in total. The zero-order valence-electron chi connectivity index (χ0n) is 23.5. The number of carbonyl (C=O) groups excluding carboxylic acids is 4. The summed E-state index contributed by atoms with van der Waals surface area (Å²) in [5, 5.41) is 5.35. The second kappa shape index (κ2) is 13.2. The van der Waals surface area contributed by atoms with Crippen LogP contribution in [0.5, 0.6) is 0 Å². The molecule has 0 spiro atoms. The number of aryl methyl sites for hydroxylation is 1. The number of pyridine rings is 1. The van der Waals surface area contributed by atoms with Crippen molar-refractivity contribution in [2.45, 2.75) is 48.6 Å². The van der Waals surface area contributed by atoms with Gasteiger partial charge in [0.1, 0.15) is 36.2 Å². The molecule has 0 saturated carbocycles. The van der Waals surface area contributed by atoms with Crippen LogP contribution < -0.4 is 39.2 Å². The van der Waals surface area contributed by atoms with Gasteiger partial charge in [0.2, 0.25) is 11.8 Å². The Bertz CT molecular complexity index is 1460. The molecule has 3 heterocycles. The molecule has 5 rings (SSSR count). The van der Waals surface area contributed by atoms with Crippen molar-refractivity contribution >= 4 is 35.5 Å². The smallest absolute Gasteiger partial charge is 0.331 e. The van der Waals surface area contributed by atoms with Gasteiger partial charge in [-0.05, 0) is 31.0 Å². The molecular weight excluding hydrogens is 667 g/mol. The topological polar surface area (TPSA) is 109 Å². The van der Waals surface area contributed by atoms with Crippen molar-refractivity contribution in [3.63, 3.8) is 0 Å². The molecule has 0 bridgehead atoms. The first-order chi connectivity index (χ1) is 19.6. The van der Waals surface area contributed by atoms with E-state index in [-0.39, 0.29) is 60.0 Å². The number of amides is 3. The Balaban J connectivity index is 0.00000405. The van der Waals surface area contributed by atoms with Crippen molar-refractivity contribution in [1.29, 1.82) is 0 Å². The standard InChI is InChI=1S/C31H32N4O5S.HI/c1-31(2)26(35-28(38)25(29(35)41-31)33-24(36)17-20-11-6-4-7-12-20)30(39)40-23(21-13-8-5-9-14-21)18-32-27(37)22-15-10-16-34(3)19-22;/h4-16,19,23,25-26,29H,17-18H2,1-3H3,(H-,32,33,36,37);1H/t23?,25-,26?,29-;/m1./s1. The van der Waals surface area contributed by atoms with Gasteiger partial charge < -0.3 is 44.2 Å². The Morgan fingerprint density at radius 1 is 1.02 bits per heavy atom. The number of nitrogens with one attached hydrogen (secondary N) is 2. The fourth-order valence-corrected chi connectivity index (χ4v) is 6.86. The molecule has 2 aromatic carbocycles. The minimum Gasteiger partial charge on any atom is -1.00 e. The van der Waals surface area contributed by atoms with Gasteiger partial charge in [0.15, 0.2) is 12.4 Å². The van der Waals surface area contributed by atoms with E-state index in [0.717, 1.165) is 11.1 Å². The number of nitrogens with zero attached hydrogens (tertiary/aromatic N) is 2. The van der Waals surface area contributed by atoms with Gasteiger partial charge in [0, 0.05) is 10.8 Å². The lowest BCUT2D eigenvalue weighted by atomic mass is 9.95. The molecule has 2 aliphatic rings. The third-order valence-electron chi connectivity index (χ3n) is 7.27. The quantitative estimate of drug-likeness (QED) is 0.133. The zero-order chi connectivity index (χ0) is 29.1. The molecule has 4 atom stereocenters. The Morgan fingerprint density at radius 2 is 1.69 bits per heavy atom. The average molecular weight is 701 g/mol. The summed E-state index contributed by atoms with van der Waals surface area (Å²) < 4.78 is 7.13. The van der Waals surface area contributed by atoms with Crippen molar-refractivity contribution < 1.29 is 52.5 Å². The maximum absolute atomic E-state index is 13.7. The largest absolute Gasteiger partial charge is 1.00 e. The van der Waals surface area contributed by atoms with Crippen molar-refractivity contribution in [3.8, 4) is 0 Å². The van der Waals surface area contributed by atoms with Crippen LogP contribution in [-0.4, -0.2) is 57.3 Å². The van der Waals surface area contributed by atoms with Gasteiger partial charge in [-0.3, -0.25) is 14.4 Å². The molecule has 0 radical (unpaired) electrons. The minimum atomic E-state index is -0.845. The minimum absolute atomic E-state index is 0. The van der Waals surface area contributed by atoms with Crippen LogP contribution in [0.3, 0.4) is 0 Å². The zero-order valence-corrected chi connectivity index (χ0v) is 26.5. The van der Waals surface area contributed by atoms with Gasteiger partial charge in [-0.25, -0.2) is 9.36 Å². The first kappa shape index (κ1) is 31.5. The van der Waals surface area contributed by atoms with E-state index >= 15 is 0 Å². The summed E-state index contributed by atoms with van der Waals surface area (Å²) in [7, 11) is 1.83. The molecule has 2 unspecified atom stereocenters. The van der Waals surface area contributed by atoms with Crippen LogP contribution in [0.2, 0.25) is 0 Å². The van der Waals surface area contributed by atoms with E-state index in [1.54, 1.807) is 22.9 Å². The highest BCUT2D eigenvalue weighted by molar-refractivity contribution is 8.01. The normalized spacial score (nSPS) is 20.8. The lowest BCUT2D eigenvalue weighted by Crippen LogP contribution is -3.00. The Labute approximate surface area is 266 Å². The number of thioether (sulfide) groups is 1. The number of ether oxygens (including phenoxy) is 1. The number of esters is 1. The fraction of sp³-hybridized carbons (Fsp3) is 0.323. The summed E-state index contributed by atoms with van der Waals surface area (Å²) in [6.45, 7) is 3.85. The molecule has 11 heteroatoms. The van der Waals surface area contributed by atoms with Crippen LogP contribution in [0.25, 0.3) is 0 Å². The summed E-state index contributed by atoms with van der Waals surface area (Å²) in [6.07, 6.45) is 2.95. The number of hydrogen-bond acceptors (Lipinski definition) is 6. The number of aromatic nitrogens is 1. The van der Waals surface area contributed by atoms with E-state index in [1.807, 2.05) is 87.8 Å². The number of rotatable bonds is 9. The van der Waals surface area contributed by atoms with Crippen molar-refractivity contribution in [2.75, 3.05) is 6.54 Å². The molecule has 2 fully saturated rings. The van der Waals surface area contributed by atoms with Crippen LogP contribution >= 0.6 is 11.8 Å². The van der Waals surface area contributed by atoms with Gasteiger partial charge in [0.05, 0.1) is 13.0 Å². The molecule has 220 valence electrons. The highest BCUT2D eigenvalue weighted by Crippen LogP contribution is 2.51. The second-order valence-electron chi connectivity index (χ2n) is 10.8. The Morgan fingerprint density at radius 3 is 2.36 bits per heavy atom. The fourth-order valence-electron chi connectivity index (χ4n) is 5.24. The van der Waals surface area contributed by atoms with Gasteiger partial charge in [0.25, 0.3) is 5.91 Å². The number of β-lactam (4-membered cyclic amide) rings is 1. The van der Waals surface area contributed by atoms with E-state index in [4.69, 9.17) is 4.74 Å². The highest BCUT2D eigenvalue weighted by atomic mass is 127. The maximum atomic E-state index is 13.7. The Kier molecular flexibility index (Phi) is 9.93. The second-order valence-corrected chi connectivity index (χ2v) is 12.5. The highest BCUT2D eigenvalue weighted by Gasteiger charge is 2.64. The first-order valence-corrected chi connectivity index (χ1v) is 14.3. The van der Waals surface area contributed by atoms with Crippen molar-refractivity contribution in [2.24, 2.45) is 7.05 Å². The molecule has 3 amide bonds. The molecular formula is C31H33IN4O5S. The third-order valence-corrected chi connectivity index (χ3v) is 8.84. The predicted molar refractivity (Wildman–Crippen MR) is 153 cm³/mol. The van der Waals surface area contributed by atoms with Crippen molar-refractivity contribution in [3.05, 3.63) is 102 Å². The molecule has 9 nitrogen and oxygen atoms in total. The Hall–Kier alpha value is -3.45. The van der Waals surface area contributed by atoms with Crippen LogP contribution in [0.15, 0.2) is 85.2 Å². The van der Waals surface area contributed by atoms with Gasteiger partial charge in [-0.1, -0.05) is 60.7 Å². The van der Waals surface area contributed by atoms with E-state index in [0.29, 0.717) is 5.56 Å². The third kappa shape index (κ3) is 6.78. The van der Waals surface area contributed by atoms with Crippen LogP contribution in [0.1, 0.15) is 41.4 Å². The number of carbonyl (C=O) groups is 4. The summed E-state index contributed by atoms with van der Waals surface area (Å²) in [4.78, 5) is 53.9. The number of benzene rings is 2. The number of hydrogen-bond donors (Lipinski definition) is 2. The monoisotopic (exact) mass is 700 g/mol. The lowest BCUT2D eigenvalue weighted by molar-refractivity contribution is -0.671. The van der Waals surface area contributed by atoms with Crippen LogP contribution in [0, 0.1) is 0 Å². The molecule has 42 heavy (non-hydrogen) atoms. The molecule has 1 aromatic heterocycles. The van der Waals surface area contributed by atoms with Crippen molar-refractivity contribution in [1.82, 2.24) is 15.5 Å². The molecule has 2 saturated heterocycles. The van der Waals surface area contributed by atoms with E-state index < -0.39 is 28.9 Å². The number of fused-ring (bicyclic) bond motifs is 1. The number of halogens is 1. The average Bonchev–Trinajstić information content (AvgIpc) is 3.22. The predicted octanol–water partition coefficient (Wildman–Crippen LogP) is -0.681. The summed E-state index contributed by atoms with van der Waals surface area (Å²) in [6, 6.07) is 20.5. The maximum Gasteiger partial charge on any atom is 0.331 e. The summed E-state index contributed by atoms with van der Waals surface area (Å²) in [5.41, 5.74) is 2.06. The van der Waals surface area contributed by atoms with E-state index in [1.165, 1.54) is 16.7 Å². The summed E-state index contributed by atoms with van der Waals surface area (Å²) in [5.74, 6) is -1.40. The molecule has 0 aliphatic carbocycles. The van der Waals surface area contributed by atoms with Gasteiger partial charge >= 0.3 is 5.97 Å². The van der Waals surface area contributed by atoms with Crippen LogP contribution in [-0.2, 0) is 32.6 Å².